The van der Waals surface area contributed by atoms with Crippen molar-refractivity contribution >= 4 is 34.2 Å². The molecule has 1 aromatic heterocycles. The van der Waals surface area contributed by atoms with Crippen LogP contribution in [0, 0.1) is 18.3 Å². The predicted molar refractivity (Wildman–Crippen MR) is 155 cm³/mol. The molecule has 1 spiro atoms. The molecule has 214 valence electrons. The van der Waals surface area contributed by atoms with Gasteiger partial charge < -0.3 is 20.7 Å². The van der Waals surface area contributed by atoms with Gasteiger partial charge in [-0.05, 0) is 50.5 Å². The fourth-order valence-corrected chi connectivity index (χ4v) is 6.65. The van der Waals surface area contributed by atoms with E-state index in [2.05, 4.69) is 38.0 Å². The van der Waals surface area contributed by atoms with Crippen molar-refractivity contribution in [1.82, 2.24) is 20.5 Å². The Kier molecular flexibility index (Phi) is 9.29. The molecule has 0 saturated carbocycles. The molecule has 0 unspecified atom stereocenters. The lowest BCUT2D eigenvalue weighted by Crippen LogP contribution is -2.58. The zero-order valence-electron chi connectivity index (χ0n) is 23.1. The van der Waals surface area contributed by atoms with E-state index >= 15 is 0 Å². The second-order valence-corrected chi connectivity index (χ2v) is 12.5. The SMILES string of the molecule is Cc1cnc(NC(=O)CN2CC[C@H]3NC(=O)[C@H](Cc4ccccc4)NC(=O)C4(C/C=C/C[C@H]3C2)CCOCC4)s1. The van der Waals surface area contributed by atoms with Gasteiger partial charge in [0.05, 0.1) is 12.0 Å². The summed E-state index contributed by atoms with van der Waals surface area (Å²) in [4.78, 5) is 47.6. The van der Waals surface area contributed by atoms with Crippen LogP contribution >= 0.6 is 11.3 Å². The van der Waals surface area contributed by atoms with Crippen molar-refractivity contribution in [3.63, 3.8) is 0 Å². The number of fused-ring (bicyclic) bond motifs is 1. The molecule has 3 aliphatic heterocycles. The van der Waals surface area contributed by atoms with E-state index in [-0.39, 0.29) is 36.2 Å². The van der Waals surface area contributed by atoms with Crippen LogP contribution in [0.5, 0.6) is 0 Å². The Morgan fingerprint density at radius 1 is 1.18 bits per heavy atom. The summed E-state index contributed by atoms with van der Waals surface area (Å²) in [6, 6.07) is 9.13. The fraction of sp³-hybridized carbons (Fsp3) is 0.533. The zero-order chi connectivity index (χ0) is 28.0. The minimum Gasteiger partial charge on any atom is -0.381 e. The molecule has 3 atom stereocenters. The zero-order valence-corrected chi connectivity index (χ0v) is 23.9. The molecule has 40 heavy (non-hydrogen) atoms. The number of carbonyl (C=O) groups is 3. The first-order valence-corrected chi connectivity index (χ1v) is 15.0. The molecule has 0 aliphatic carbocycles. The highest BCUT2D eigenvalue weighted by Gasteiger charge is 2.41. The molecule has 10 heteroatoms. The number of benzene rings is 1. The minimum atomic E-state index is -0.663. The molecule has 3 aliphatic rings. The summed E-state index contributed by atoms with van der Waals surface area (Å²) in [5.74, 6) is -0.135. The second-order valence-electron chi connectivity index (χ2n) is 11.2. The van der Waals surface area contributed by atoms with Gasteiger partial charge in [-0.15, -0.1) is 11.3 Å². The molecular weight excluding hydrogens is 526 g/mol. The molecule has 0 radical (unpaired) electrons. The van der Waals surface area contributed by atoms with Crippen LogP contribution < -0.4 is 16.0 Å². The lowest BCUT2D eigenvalue weighted by atomic mass is 9.75. The first kappa shape index (κ1) is 28.4. The summed E-state index contributed by atoms with van der Waals surface area (Å²) >= 11 is 1.46. The molecule has 2 saturated heterocycles. The Labute approximate surface area is 239 Å². The number of anilines is 1. The van der Waals surface area contributed by atoms with Gasteiger partial charge in [-0.1, -0.05) is 42.5 Å². The van der Waals surface area contributed by atoms with Gasteiger partial charge in [0, 0.05) is 49.8 Å². The third-order valence-electron chi connectivity index (χ3n) is 8.33. The number of thiazole rings is 1. The highest BCUT2D eigenvalue weighted by atomic mass is 32.1. The third-order valence-corrected chi connectivity index (χ3v) is 9.16. The van der Waals surface area contributed by atoms with Crippen LogP contribution in [0.15, 0.2) is 48.7 Å². The lowest BCUT2D eigenvalue weighted by Gasteiger charge is -2.40. The maximum atomic E-state index is 13.7. The topological polar surface area (TPSA) is 113 Å². The van der Waals surface area contributed by atoms with Crippen molar-refractivity contribution < 1.29 is 19.1 Å². The summed E-state index contributed by atoms with van der Waals surface area (Å²) in [6.45, 7) is 4.74. The van der Waals surface area contributed by atoms with Gasteiger partial charge in [-0.2, -0.15) is 0 Å². The van der Waals surface area contributed by atoms with Crippen molar-refractivity contribution in [2.75, 3.05) is 38.2 Å². The van der Waals surface area contributed by atoms with Crippen LogP contribution in [0.1, 0.15) is 42.5 Å². The Morgan fingerprint density at radius 2 is 1.98 bits per heavy atom. The number of ether oxygens (including phenoxy) is 1. The minimum absolute atomic E-state index is 0.0373. The fourth-order valence-electron chi connectivity index (χ4n) is 5.97. The van der Waals surface area contributed by atoms with Crippen molar-refractivity contribution in [3.05, 3.63) is 59.1 Å². The number of aromatic nitrogens is 1. The van der Waals surface area contributed by atoms with Crippen LogP contribution in [-0.4, -0.2) is 72.5 Å². The van der Waals surface area contributed by atoms with Crippen molar-refractivity contribution in [2.24, 2.45) is 11.3 Å². The number of rotatable bonds is 5. The number of carbonyl (C=O) groups excluding carboxylic acids is 3. The van der Waals surface area contributed by atoms with Crippen molar-refractivity contribution in [2.45, 2.75) is 57.5 Å². The van der Waals surface area contributed by atoms with Gasteiger partial charge in [0.1, 0.15) is 6.04 Å². The molecule has 1 aromatic carbocycles. The normalized spacial score (nSPS) is 26.5. The van der Waals surface area contributed by atoms with E-state index in [9.17, 15) is 14.4 Å². The Balaban J connectivity index is 1.32. The van der Waals surface area contributed by atoms with Crippen LogP contribution in [0.3, 0.4) is 0 Å². The van der Waals surface area contributed by atoms with E-state index < -0.39 is 11.5 Å². The van der Waals surface area contributed by atoms with Gasteiger partial charge in [-0.25, -0.2) is 4.98 Å². The number of nitrogens with zero attached hydrogens (tertiary/aromatic N) is 2. The summed E-state index contributed by atoms with van der Waals surface area (Å²) in [5.41, 5.74) is 0.428. The van der Waals surface area contributed by atoms with Gasteiger partial charge >= 0.3 is 0 Å². The molecule has 2 aromatic rings. The smallest absolute Gasteiger partial charge is 0.243 e. The standard InChI is InChI=1S/C30H39N5O4S/c1-21-18-31-29(40-21)34-26(36)20-35-14-10-24-23(19-35)9-5-6-11-30(12-15-39-16-13-30)28(38)33-25(27(37)32-24)17-22-7-3-2-4-8-22/h2-8,18,23-25H,9-17,19-20H2,1H3,(H,32,37)(H,33,38)(H,31,34,36)/b6-5+/t23-,24+,25-/m0/s1. The molecular formula is C30H39N5O4S. The average Bonchev–Trinajstić information content (AvgIpc) is 3.36. The summed E-state index contributed by atoms with van der Waals surface area (Å²) in [7, 11) is 0. The molecule has 3 N–H and O–H groups in total. The molecule has 5 rings (SSSR count). The quantitative estimate of drug-likeness (QED) is 0.481. The van der Waals surface area contributed by atoms with Gasteiger partial charge in [0.25, 0.3) is 0 Å². The van der Waals surface area contributed by atoms with E-state index in [1.54, 1.807) is 6.20 Å². The average molecular weight is 566 g/mol. The monoisotopic (exact) mass is 565 g/mol. The Morgan fingerprint density at radius 3 is 2.73 bits per heavy atom. The van der Waals surface area contributed by atoms with E-state index in [0.29, 0.717) is 57.1 Å². The summed E-state index contributed by atoms with van der Waals surface area (Å²) in [5, 5.41) is 9.95. The van der Waals surface area contributed by atoms with Gasteiger partial charge in [0.15, 0.2) is 5.13 Å². The molecule has 0 bridgehead atoms. The molecule has 3 amide bonds. The van der Waals surface area contributed by atoms with Crippen molar-refractivity contribution in [1.29, 1.82) is 0 Å². The summed E-state index contributed by atoms with van der Waals surface area (Å²) < 4.78 is 5.59. The molecule has 2 fully saturated rings. The predicted octanol–water partition coefficient (Wildman–Crippen LogP) is 3.07. The summed E-state index contributed by atoms with van der Waals surface area (Å²) in [6.07, 6.45) is 9.87. The van der Waals surface area contributed by atoms with Crippen LogP contribution in [-0.2, 0) is 25.5 Å². The van der Waals surface area contributed by atoms with E-state index in [1.807, 2.05) is 37.3 Å². The number of aryl methyl sites for hydroxylation is 1. The highest BCUT2D eigenvalue weighted by Crippen LogP contribution is 2.36. The van der Waals surface area contributed by atoms with Crippen LogP contribution in [0.2, 0.25) is 0 Å². The second kappa shape index (κ2) is 13.1. The maximum absolute atomic E-state index is 13.7. The third kappa shape index (κ3) is 7.16. The van der Waals surface area contributed by atoms with E-state index in [0.717, 1.165) is 23.3 Å². The largest absolute Gasteiger partial charge is 0.381 e. The van der Waals surface area contributed by atoms with Crippen LogP contribution in [0.4, 0.5) is 5.13 Å². The molecule has 9 nitrogen and oxygen atoms in total. The van der Waals surface area contributed by atoms with E-state index in [1.165, 1.54) is 11.3 Å². The Hall–Kier alpha value is -3.08. The number of nitrogens with one attached hydrogen (secondary N) is 3. The van der Waals surface area contributed by atoms with Crippen LogP contribution in [0.25, 0.3) is 0 Å². The molecule has 4 heterocycles. The number of hydrogen-bond acceptors (Lipinski definition) is 7. The number of hydrogen-bond donors (Lipinski definition) is 3. The first-order valence-electron chi connectivity index (χ1n) is 14.2. The highest BCUT2D eigenvalue weighted by molar-refractivity contribution is 7.15. The maximum Gasteiger partial charge on any atom is 0.243 e. The van der Waals surface area contributed by atoms with Crippen molar-refractivity contribution in [3.8, 4) is 0 Å². The number of allylic oxidation sites excluding steroid dienone is 2. The Bertz CT molecular complexity index is 1210. The number of amides is 3. The van der Waals surface area contributed by atoms with E-state index in [4.69, 9.17) is 4.74 Å². The lowest BCUT2D eigenvalue weighted by molar-refractivity contribution is -0.140. The number of piperidine rings is 1. The van der Waals surface area contributed by atoms with Gasteiger partial charge in [-0.3, -0.25) is 19.3 Å². The first-order chi connectivity index (χ1) is 19.4. The van der Waals surface area contributed by atoms with Gasteiger partial charge in [0.2, 0.25) is 17.7 Å². The number of likely N-dealkylation sites (tertiary alicyclic amines) is 1.